The van der Waals surface area contributed by atoms with Crippen LogP contribution in [-0.2, 0) is 65.4 Å². The van der Waals surface area contributed by atoms with E-state index in [9.17, 15) is 43.2 Å². The molecule has 0 heterocycles. The molecule has 3 N–H and O–H groups in total. The van der Waals surface area contributed by atoms with Gasteiger partial charge in [-0.3, -0.25) is 37.3 Å². The molecule has 0 aromatic rings. The van der Waals surface area contributed by atoms with Gasteiger partial charge in [0.1, 0.15) is 19.3 Å². The van der Waals surface area contributed by atoms with Crippen LogP contribution in [0.1, 0.15) is 388 Å². The van der Waals surface area contributed by atoms with Crippen molar-refractivity contribution in [3.05, 3.63) is 0 Å². The van der Waals surface area contributed by atoms with Crippen molar-refractivity contribution in [2.24, 2.45) is 5.92 Å². The molecule has 2 unspecified atom stereocenters. The summed E-state index contributed by atoms with van der Waals surface area (Å²) in [6.45, 7) is 7.28. The molecule has 0 aliphatic heterocycles. The van der Waals surface area contributed by atoms with Crippen molar-refractivity contribution in [3.8, 4) is 0 Å². The first-order chi connectivity index (χ1) is 45.0. The molecule has 0 saturated carbocycles. The van der Waals surface area contributed by atoms with E-state index in [0.29, 0.717) is 25.7 Å². The molecule has 552 valence electrons. The highest BCUT2D eigenvalue weighted by Crippen LogP contribution is 2.45. The van der Waals surface area contributed by atoms with Crippen LogP contribution in [0.4, 0.5) is 0 Å². The Labute approximate surface area is 568 Å². The summed E-state index contributed by atoms with van der Waals surface area (Å²) >= 11 is 0. The summed E-state index contributed by atoms with van der Waals surface area (Å²) < 4.78 is 68.3. The molecule has 5 atom stereocenters. The van der Waals surface area contributed by atoms with Gasteiger partial charge in [0.25, 0.3) is 0 Å². The van der Waals surface area contributed by atoms with Crippen LogP contribution in [0.2, 0.25) is 0 Å². The van der Waals surface area contributed by atoms with Crippen LogP contribution in [0.5, 0.6) is 0 Å². The molecule has 0 rings (SSSR count). The standard InChI is InChI=1S/C74H144O17P2/c1-6-9-12-15-18-21-23-24-32-35-39-43-48-53-58-72(77)85-64-70(91-74(79)60-55-50-45-40-36-33-30-28-26-25-27-29-31-34-37-41-46-51-56-67(4)5)66-89-93(82,83)87-62-68(75)61-86-92(80,81)88-65-69(63-84-71(76)57-52-47-42-20-17-14-11-8-3)90-73(78)59-54-49-44-38-22-19-16-13-10-7-2/h67-70,75H,6-66H2,1-5H3,(H,80,81)(H,82,83)/t68-,69+,70+/m0/s1. The predicted molar refractivity (Wildman–Crippen MR) is 377 cm³/mol. The van der Waals surface area contributed by atoms with Crippen LogP contribution in [0.15, 0.2) is 0 Å². The van der Waals surface area contributed by atoms with E-state index in [1.54, 1.807) is 0 Å². The predicted octanol–water partition coefficient (Wildman–Crippen LogP) is 21.7. The van der Waals surface area contributed by atoms with Gasteiger partial charge in [-0.25, -0.2) is 9.13 Å². The zero-order chi connectivity index (χ0) is 68.4. The van der Waals surface area contributed by atoms with Crippen molar-refractivity contribution in [3.63, 3.8) is 0 Å². The van der Waals surface area contributed by atoms with Gasteiger partial charge in [0.05, 0.1) is 26.4 Å². The van der Waals surface area contributed by atoms with E-state index >= 15 is 0 Å². The van der Waals surface area contributed by atoms with Crippen LogP contribution in [0.25, 0.3) is 0 Å². The molecule has 0 aromatic heterocycles. The van der Waals surface area contributed by atoms with Gasteiger partial charge in [-0.15, -0.1) is 0 Å². The average molecular weight is 1370 g/mol. The first-order valence-electron chi connectivity index (χ1n) is 38.6. The monoisotopic (exact) mass is 1370 g/mol. The lowest BCUT2D eigenvalue weighted by molar-refractivity contribution is -0.161. The Balaban J connectivity index is 5.16. The van der Waals surface area contributed by atoms with Crippen LogP contribution >= 0.6 is 15.6 Å². The van der Waals surface area contributed by atoms with Gasteiger partial charge in [0.2, 0.25) is 0 Å². The number of unbranched alkanes of at least 4 members (excludes halogenated alkanes) is 46. The molecule has 0 radical (unpaired) electrons. The minimum atomic E-state index is -4.95. The molecular formula is C74H144O17P2. The van der Waals surface area contributed by atoms with E-state index in [4.69, 9.17) is 37.0 Å². The Kier molecular flexibility index (Phi) is 65.9. The SMILES string of the molecule is CCCCCCCCCCCCCCCCC(=O)OC[C@H](COP(=O)(O)OC[C@@H](O)COP(=O)(O)OC[C@@H](COC(=O)CCCCCCCCCC)OC(=O)CCCCCCCCCCCC)OC(=O)CCCCCCCCCCCCCCCCCCCCC(C)C. The molecule has 0 aromatic carbocycles. The third-order valence-corrected chi connectivity index (χ3v) is 19.2. The summed E-state index contributed by atoms with van der Waals surface area (Å²) in [6.07, 6.45) is 55.6. The van der Waals surface area contributed by atoms with Gasteiger partial charge >= 0.3 is 39.5 Å². The number of hydrogen-bond donors (Lipinski definition) is 3. The Hall–Kier alpha value is -1.94. The molecule has 0 bridgehead atoms. The minimum absolute atomic E-state index is 0.107. The number of hydrogen-bond acceptors (Lipinski definition) is 15. The highest BCUT2D eigenvalue weighted by molar-refractivity contribution is 7.47. The highest BCUT2D eigenvalue weighted by atomic mass is 31.2. The summed E-state index contributed by atoms with van der Waals surface area (Å²) in [6, 6.07) is 0. The van der Waals surface area contributed by atoms with Crippen LogP contribution in [0, 0.1) is 5.92 Å². The molecule has 0 aliphatic carbocycles. The molecule has 19 heteroatoms. The fourth-order valence-corrected chi connectivity index (χ4v) is 12.9. The van der Waals surface area contributed by atoms with Crippen LogP contribution < -0.4 is 0 Å². The minimum Gasteiger partial charge on any atom is -0.462 e. The second-order valence-electron chi connectivity index (χ2n) is 27.2. The quantitative estimate of drug-likeness (QED) is 0.0222. The molecular weight excluding hydrogens is 1220 g/mol. The molecule has 17 nitrogen and oxygen atoms in total. The van der Waals surface area contributed by atoms with Crippen molar-refractivity contribution in [1.82, 2.24) is 0 Å². The second kappa shape index (κ2) is 67.3. The fourth-order valence-electron chi connectivity index (χ4n) is 11.4. The number of rotatable bonds is 74. The van der Waals surface area contributed by atoms with Crippen molar-refractivity contribution >= 4 is 39.5 Å². The zero-order valence-electron chi connectivity index (χ0n) is 60.4. The summed E-state index contributed by atoms with van der Waals surface area (Å²) in [7, 11) is -9.90. The largest absolute Gasteiger partial charge is 0.472 e. The lowest BCUT2D eigenvalue weighted by Crippen LogP contribution is -2.30. The van der Waals surface area contributed by atoms with E-state index in [2.05, 4.69) is 34.6 Å². The van der Waals surface area contributed by atoms with Gasteiger partial charge < -0.3 is 33.8 Å². The lowest BCUT2D eigenvalue weighted by Gasteiger charge is -2.21. The average Bonchev–Trinajstić information content (AvgIpc) is 1.78. The number of aliphatic hydroxyl groups is 1. The number of ether oxygens (including phenoxy) is 4. The number of carbonyl (C=O) groups is 4. The van der Waals surface area contributed by atoms with E-state index in [1.807, 2.05) is 0 Å². The van der Waals surface area contributed by atoms with Crippen molar-refractivity contribution < 1.29 is 80.2 Å². The van der Waals surface area contributed by atoms with Crippen molar-refractivity contribution in [2.45, 2.75) is 406 Å². The summed E-state index contributed by atoms with van der Waals surface area (Å²) in [5.74, 6) is -1.30. The van der Waals surface area contributed by atoms with Crippen molar-refractivity contribution in [2.75, 3.05) is 39.6 Å². The molecule has 0 aliphatic rings. The fraction of sp³-hybridized carbons (Fsp3) is 0.946. The number of phosphoric acid groups is 2. The maximum absolute atomic E-state index is 13.1. The van der Waals surface area contributed by atoms with Gasteiger partial charge in [0.15, 0.2) is 12.2 Å². The Morgan fingerprint density at radius 2 is 0.495 bits per heavy atom. The number of carbonyl (C=O) groups excluding carboxylic acids is 4. The Morgan fingerprint density at radius 3 is 0.731 bits per heavy atom. The molecule has 0 amide bonds. The third kappa shape index (κ3) is 68.4. The maximum Gasteiger partial charge on any atom is 0.472 e. The van der Waals surface area contributed by atoms with E-state index in [1.165, 1.54) is 205 Å². The first-order valence-corrected chi connectivity index (χ1v) is 41.6. The van der Waals surface area contributed by atoms with Crippen molar-refractivity contribution in [1.29, 1.82) is 0 Å². The third-order valence-electron chi connectivity index (χ3n) is 17.3. The topological polar surface area (TPSA) is 237 Å². The van der Waals surface area contributed by atoms with Gasteiger partial charge in [-0.1, -0.05) is 336 Å². The number of esters is 4. The zero-order valence-corrected chi connectivity index (χ0v) is 62.2. The smallest absolute Gasteiger partial charge is 0.462 e. The molecule has 0 saturated heterocycles. The second-order valence-corrected chi connectivity index (χ2v) is 30.1. The molecule has 93 heavy (non-hydrogen) atoms. The normalized spacial score (nSPS) is 14.0. The van der Waals surface area contributed by atoms with E-state index < -0.39 is 97.5 Å². The molecule has 0 fully saturated rings. The number of aliphatic hydroxyl groups excluding tert-OH is 1. The maximum atomic E-state index is 13.1. The van der Waals surface area contributed by atoms with Crippen LogP contribution in [0.3, 0.4) is 0 Å². The summed E-state index contributed by atoms with van der Waals surface area (Å²) in [5.41, 5.74) is 0. The van der Waals surface area contributed by atoms with Gasteiger partial charge in [-0.05, 0) is 31.6 Å². The van der Waals surface area contributed by atoms with Crippen LogP contribution in [-0.4, -0.2) is 96.7 Å². The molecule has 0 spiro atoms. The number of phosphoric ester groups is 2. The Bertz CT molecular complexity index is 1790. The van der Waals surface area contributed by atoms with E-state index in [0.717, 1.165) is 102 Å². The lowest BCUT2D eigenvalue weighted by atomic mass is 10.0. The first kappa shape index (κ1) is 91.1. The summed E-state index contributed by atoms with van der Waals surface area (Å²) in [5, 5.41) is 10.6. The summed E-state index contributed by atoms with van der Waals surface area (Å²) in [4.78, 5) is 72.6. The van der Waals surface area contributed by atoms with Gasteiger partial charge in [-0.2, -0.15) is 0 Å². The highest BCUT2D eigenvalue weighted by Gasteiger charge is 2.30. The van der Waals surface area contributed by atoms with Gasteiger partial charge in [0, 0.05) is 25.7 Å². The van der Waals surface area contributed by atoms with E-state index in [-0.39, 0.29) is 25.7 Å². The Morgan fingerprint density at radius 1 is 0.290 bits per heavy atom.